The molecule has 24 heavy (non-hydrogen) atoms. The van der Waals surface area contributed by atoms with E-state index < -0.39 is 6.10 Å². The fraction of sp³-hybridized carbons (Fsp3) is 0.476. The van der Waals surface area contributed by atoms with Crippen molar-refractivity contribution in [1.29, 1.82) is 0 Å². The van der Waals surface area contributed by atoms with Gasteiger partial charge in [0.2, 0.25) is 0 Å². The maximum absolute atomic E-state index is 12.3. The van der Waals surface area contributed by atoms with Crippen molar-refractivity contribution in [2.45, 2.75) is 52.6 Å². The molecule has 0 spiro atoms. The molecule has 2 atom stereocenters. The molecular weight excluding hydrogens is 298 g/mol. The van der Waals surface area contributed by atoms with Crippen LogP contribution in [-0.4, -0.2) is 18.6 Å². The van der Waals surface area contributed by atoms with E-state index in [0.717, 1.165) is 24.1 Å². The van der Waals surface area contributed by atoms with Gasteiger partial charge in [-0.25, -0.2) is 0 Å². The number of benzene rings is 2. The number of amides is 1. The Balaban J connectivity index is 1.88. The molecule has 0 aromatic heterocycles. The van der Waals surface area contributed by atoms with Crippen molar-refractivity contribution < 1.29 is 9.53 Å². The van der Waals surface area contributed by atoms with Crippen LogP contribution in [0.25, 0.3) is 10.8 Å². The highest BCUT2D eigenvalue weighted by Gasteiger charge is 2.16. The monoisotopic (exact) mass is 327 g/mol. The van der Waals surface area contributed by atoms with Crippen molar-refractivity contribution in [3.63, 3.8) is 0 Å². The number of hydrogen-bond donors (Lipinski definition) is 1. The van der Waals surface area contributed by atoms with E-state index in [1.165, 1.54) is 24.6 Å². The summed E-state index contributed by atoms with van der Waals surface area (Å²) in [5.41, 5.74) is 0. The van der Waals surface area contributed by atoms with Gasteiger partial charge >= 0.3 is 0 Å². The number of fused-ring (bicyclic) bond motifs is 1. The van der Waals surface area contributed by atoms with Crippen LogP contribution in [0, 0.1) is 5.92 Å². The fourth-order valence-electron chi connectivity index (χ4n) is 2.83. The molecule has 3 nitrogen and oxygen atoms in total. The lowest BCUT2D eigenvalue weighted by Crippen LogP contribution is -2.38. The van der Waals surface area contributed by atoms with Crippen LogP contribution in [0.2, 0.25) is 0 Å². The Bertz CT molecular complexity index is 653. The van der Waals surface area contributed by atoms with Gasteiger partial charge in [-0.2, -0.15) is 0 Å². The van der Waals surface area contributed by atoms with Crippen LogP contribution in [0.15, 0.2) is 42.5 Å². The van der Waals surface area contributed by atoms with Crippen molar-refractivity contribution >= 4 is 16.7 Å². The van der Waals surface area contributed by atoms with Crippen molar-refractivity contribution in [2.75, 3.05) is 6.54 Å². The van der Waals surface area contributed by atoms with Crippen molar-refractivity contribution in [3.8, 4) is 5.75 Å². The molecule has 0 aliphatic rings. The fourth-order valence-corrected chi connectivity index (χ4v) is 2.83. The molecule has 0 aliphatic heterocycles. The smallest absolute Gasteiger partial charge is 0.260 e. The number of nitrogens with one attached hydrogen (secondary N) is 1. The van der Waals surface area contributed by atoms with Gasteiger partial charge in [0.25, 0.3) is 5.91 Å². The lowest BCUT2D eigenvalue weighted by atomic mass is 9.99. The van der Waals surface area contributed by atoms with Crippen LogP contribution in [0.5, 0.6) is 5.75 Å². The molecule has 3 heteroatoms. The summed E-state index contributed by atoms with van der Waals surface area (Å²) in [6, 6.07) is 14.1. The molecule has 0 unspecified atom stereocenters. The van der Waals surface area contributed by atoms with Gasteiger partial charge in [0.1, 0.15) is 5.75 Å². The first kappa shape index (κ1) is 18.3. The van der Waals surface area contributed by atoms with E-state index in [-0.39, 0.29) is 5.91 Å². The van der Waals surface area contributed by atoms with Crippen molar-refractivity contribution in [2.24, 2.45) is 5.92 Å². The topological polar surface area (TPSA) is 38.3 Å². The molecule has 0 radical (unpaired) electrons. The molecule has 0 fully saturated rings. The van der Waals surface area contributed by atoms with Gasteiger partial charge in [-0.1, -0.05) is 63.4 Å². The minimum absolute atomic E-state index is 0.0434. The van der Waals surface area contributed by atoms with Crippen LogP contribution in [0.4, 0.5) is 0 Å². The summed E-state index contributed by atoms with van der Waals surface area (Å²) in [5.74, 6) is 1.24. The lowest BCUT2D eigenvalue weighted by molar-refractivity contribution is -0.127. The van der Waals surface area contributed by atoms with E-state index in [4.69, 9.17) is 4.74 Å². The Hall–Kier alpha value is -2.03. The highest BCUT2D eigenvalue weighted by molar-refractivity contribution is 5.84. The molecule has 1 amide bonds. The second kappa shape index (κ2) is 9.31. The first-order valence-electron chi connectivity index (χ1n) is 9.07. The molecular formula is C21H29NO2. The van der Waals surface area contributed by atoms with Gasteiger partial charge in [0, 0.05) is 6.54 Å². The predicted molar refractivity (Wildman–Crippen MR) is 100 cm³/mol. The third kappa shape index (κ3) is 5.26. The Kier molecular flexibility index (Phi) is 7.10. The summed E-state index contributed by atoms with van der Waals surface area (Å²) in [6.45, 7) is 6.92. The second-order valence-corrected chi connectivity index (χ2v) is 6.43. The van der Waals surface area contributed by atoms with E-state index >= 15 is 0 Å². The zero-order valence-electron chi connectivity index (χ0n) is 15.0. The zero-order chi connectivity index (χ0) is 17.4. The largest absolute Gasteiger partial charge is 0.481 e. The number of carbonyl (C=O) groups excluding carboxylic acids is 1. The molecule has 0 saturated carbocycles. The Morgan fingerprint density at radius 2 is 1.88 bits per heavy atom. The molecule has 130 valence electrons. The summed E-state index contributed by atoms with van der Waals surface area (Å²) < 4.78 is 5.82. The van der Waals surface area contributed by atoms with Crippen molar-refractivity contribution in [3.05, 3.63) is 42.5 Å². The van der Waals surface area contributed by atoms with Gasteiger partial charge in [-0.3, -0.25) is 4.79 Å². The van der Waals surface area contributed by atoms with E-state index in [2.05, 4.69) is 25.2 Å². The number of unbranched alkanes of at least 4 members (excludes halogenated alkanes) is 1. The lowest BCUT2D eigenvalue weighted by Gasteiger charge is -2.18. The first-order chi connectivity index (χ1) is 11.6. The number of hydrogen-bond acceptors (Lipinski definition) is 2. The van der Waals surface area contributed by atoms with E-state index in [9.17, 15) is 4.79 Å². The highest BCUT2D eigenvalue weighted by Crippen LogP contribution is 2.21. The molecule has 2 rings (SSSR count). The Labute approximate surface area is 145 Å². The Morgan fingerprint density at radius 1 is 1.12 bits per heavy atom. The van der Waals surface area contributed by atoms with Crippen LogP contribution >= 0.6 is 0 Å². The first-order valence-corrected chi connectivity index (χ1v) is 9.07. The number of carbonyl (C=O) groups is 1. The van der Waals surface area contributed by atoms with Crippen LogP contribution in [0.1, 0.15) is 46.5 Å². The van der Waals surface area contributed by atoms with E-state index in [1.807, 2.05) is 36.4 Å². The summed E-state index contributed by atoms with van der Waals surface area (Å²) in [6.07, 6.45) is 4.20. The molecule has 0 bridgehead atoms. The van der Waals surface area contributed by atoms with Crippen LogP contribution in [-0.2, 0) is 4.79 Å². The third-order valence-electron chi connectivity index (χ3n) is 4.51. The van der Waals surface area contributed by atoms with Gasteiger partial charge in [-0.05, 0) is 42.2 Å². The van der Waals surface area contributed by atoms with Crippen LogP contribution < -0.4 is 10.1 Å². The summed E-state index contributed by atoms with van der Waals surface area (Å²) >= 11 is 0. The normalized spacial score (nSPS) is 13.5. The molecule has 0 heterocycles. The van der Waals surface area contributed by atoms with Gasteiger partial charge < -0.3 is 10.1 Å². The second-order valence-electron chi connectivity index (χ2n) is 6.43. The predicted octanol–water partition coefficient (Wildman–Crippen LogP) is 4.94. The standard InChI is InChI=1S/C21H29NO2/c1-4-6-9-17(5-2)15-22-21(23)16(3)24-20-13-12-18-10-7-8-11-19(18)14-20/h7-8,10-14,16-17H,4-6,9,15H2,1-3H3,(H,22,23)/t16-,17-/m0/s1. The summed E-state index contributed by atoms with van der Waals surface area (Å²) in [7, 11) is 0. The maximum Gasteiger partial charge on any atom is 0.260 e. The molecule has 0 aliphatic carbocycles. The van der Waals surface area contributed by atoms with Crippen LogP contribution in [0.3, 0.4) is 0 Å². The molecule has 1 N–H and O–H groups in total. The molecule has 2 aromatic rings. The zero-order valence-corrected chi connectivity index (χ0v) is 15.0. The quantitative estimate of drug-likeness (QED) is 0.708. The van der Waals surface area contributed by atoms with E-state index in [1.54, 1.807) is 6.92 Å². The average Bonchev–Trinajstić information content (AvgIpc) is 2.61. The highest BCUT2D eigenvalue weighted by atomic mass is 16.5. The third-order valence-corrected chi connectivity index (χ3v) is 4.51. The number of rotatable bonds is 9. The molecule has 0 saturated heterocycles. The van der Waals surface area contributed by atoms with E-state index in [0.29, 0.717) is 5.92 Å². The van der Waals surface area contributed by atoms with Gasteiger partial charge in [0.05, 0.1) is 0 Å². The number of ether oxygens (including phenoxy) is 1. The SMILES string of the molecule is CCCC[C@H](CC)CNC(=O)[C@H](C)Oc1ccc2ccccc2c1. The van der Waals surface area contributed by atoms with Crippen molar-refractivity contribution in [1.82, 2.24) is 5.32 Å². The summed E-state index contributed by atoms with van der Waals surface area (Å²) in [4.78, 5) is 12.3. The summed E-state index contributed by atoms with van der Waals surface area (Å²) in [5, 5.41) is 5.32. The minimum atomic E-state index is -0.491. The van der Waals surface area contributed by atoms with Gasteiger partial charge in [0.15, 0.2) is 6.10 Å². The minimum Gasteiger partial charge on any atom is -0.481 e. The molecule has 2 aromatic carbocycles. The Morgan fingerprint density at radius 3 is 2.58 bits per heavy atom. The average molecular weight is 327 g/mol. The van der Waals surface area contributed by atoms with Gasteiger partial charge in [-0.15, -0.1) is 0 Å². The maximum atomic E-state index is 12.3.